The number of hydrogen-bond acceptors (Lipinski definition) is 3. The fourth-order valence-corrected chi connectivity index (χ4v) is 2.22. The van der Waals surface area contributed by atoms with E-state index in [1.54, 1.807) is 0 Å². The first-order valence-corrected chi connectivity index (χ1v) is 5.23. The Balaban J connectivity index is 2.82. The van der Waals surface area contributed by atoms with Crippen LogP contribution in [0, 0.1) is 0 Å². The Morgan fingerprint density at radius 3 is 2.50 bits per heavy atom. The summed E-state index contributed by atoms with van der Waals surface area (Å²) < 4.78 is 25.1. The van der Waals surface area contributed by atoms with E-state index in [0.717, 1.165) is 10.7 Å². The number of hydrogen-bond donors (Lipinski definition) is 1. The minimum atomic E-state index is -3.51. The van der Waals surface area contributed by atoms with Gasteiger partial charge in [0.05, 0.1) is 0 Å². The Hall–Kier alpha value is -0.620. The first-order valence-electron chi connectivity index (χ1n) is 3.79. The van der Waals surface area contributed by atoms with Gasteiger partial charge < -0.3 is 0 Å². The van der Waals surface area contributed by atoms with Crippen LogP contribution in [0.3, 0.4) is 0 Å². The summed E-state index contributed by atoms with van der Waals surface area (Å²) in [6.07, 6.45) is 1.34. The predicted molar refractivity (Wildman–Crippen MR) is 43.5 cm³/mol. The molecule has 12 heavy (non-hydrogen) atoms. The van der Waals surface area contributed by atoms with Crippen molar-refractivity contribution >= 4 is 16.1 Å². The second kappa shape index (κ2) is 3.02. The Morgan fingerprint density at radius 2 is 2.17 bits per heavy atom. The molecular weight excluding hydrogens is 180 g/mol. The fourth-order valence-electron chi connectivity index (χ4n) is 1.12. The first-order chi connectivity index (χ1) is 5.49. The minimum Gasteiger partial charge on any atom is -0.272 e. The van der Waals surface area contributed by atoms with E-state index in [2.05, 4.69) is 4.72 Å². The third-order valence-electron chi connectivity index (χ3n) is 1.84. The highest BCUT2D eigenvalue weighted by atomic mass is 32.2. The molecule has 6 heteroatoms. The molecule has 1 aliphatic rings. The monoisotopic (exact) mass is 192 g/mol. The molecule has 1 rings (SSSR count). The zero-order valence-electron chi connectivity index (χ0n) is 7.07. The maximum absolute atomic E-state index is 11.2. The van der Waals surface area contributed by atoms with Crippen LogP contribution in [-0.2, 0) is 15.0 Å². The second-order valence-electron chi connectivity index (χ2n) is 2.77. The SMILES string of the molecule is CCCC1NS(=O)(=O)N(C)C1=O. The highest BCUT2D eigenvalue weighted by Gasteiger charge is 2.39. The predicted octanol–water partition coefficient (Wildman–Crippen LogP) is -0.539. The van der Waals surface area contributed by atoms with E-state index in [4.69, 9.17) is 0 Å². The van der Waals surface area contributed by atoms with Gasteiger partial charge in [-0.05, 0) is 6.42 Å². The lowest BCUT2D eigenvalue weighted by Crippen LogP contribution is -2.28. The maximum Gasteiger partial charge on any atom is 0.304 e. The third kappa shape index (κ3) is 1.44. The van der Waals surface area contributed by atoms with Crippen molar-refractivity contribution in [2.75, 3.05) is 7.05 Å². The van der Waals surface area contributed by atoms with E-state index >= 15 is 0 Å². The fraction of sp³-hybridized carbons (Fsp3) is 0.833. The second-order valence-corrected chi connectivity index (χ2v) is 4.50. The molecule has 0 spiro atoms. The Kier molecular flexibility index (Phi) is 2.39. The summed E-state index contributed by atoms with van der Waals surface area (Å²) in [5.74, 6) is -0.364. The van der Waals surface area contributed by atoms with E-state index in [1.165, 1.54) is 7.05 Å². The molecule has 1 saturated heterocycles. The van der Waals surface area contributed by atoms with Gasteiger partial charge in [0.1, 0.15) is 6.04 Å². The molecule has 1 N–H and O–H groups in total. The number of likely N-dealkylation sites (N-methyl/N-ethyl adjacent to an activating group) is 1. The van der Waals surface area contributed by atoms with Crippen molar-refractivity contribution in [1.82, 2.24) is 9.03 Å². The molecule has 1 aliphatic heterocycles. The zero-order chi connectivity index (χ0) is 9.35. The van der Waals surface area contributed by atoms with Crippen molar-refractivity contribution in [2.24, 2.45) is 0 Å². The molecule has 0 aromatic carbocycles. The molecule has 0 saturated carbocycles. The van der Waals surface area contributed by atoms with E-state index in [0.29, 0.717) is 6.42 Å². The highest BCUT2D eigenvalue weighted by Crippen LogP contribution is 2.12. The van der Waals surface area contributed by atoms with E-state index in [-0.39, 0.29) is 5.91 Å². The molecule has 5 nitrogen and oxygen atoms in total. The van der Waals surface area contributed by atoms with Gasteiger partial charge in [-0.2, -0.15) is 13.1 Å². The zero-order valence-corrected chi connectivity index (χ0v) is 7.89. The highest BCUT2D eigenvalue weighted by molar-refractivity contribution is 7.88. The smallest absolute Gasteiger partial charge is 0.272 e. The van der Waals surface area contributed by atoms with Gasteiger partial charge in [-0.3, -0.25) is 4.79 Å². The number of nitrogens with zero attached hydrogens (tertiary/aromatic N) is 1. The van der Waals surface area contributed by atoms with Crippen LogP contribution in [0.4, 0.5) is 0 Å². The molecular formula is C6H12N2O3S. The molecule has 1 fully saturated rings. The average molecular weight is 192 g/mol. The quantitative estimate of drug-likeness (QED) is 0.639. The minimum absolute atomic E-state index is 0.364. The Labute approximate surface area is 71.9 Å². The van der Waals surface area contributed by atoms with Crippen LogP contribution < -0.4 is 4.72 Å². The summed E-state index contributed by atoms with van der Waals surface area (Å²) in [6, 6.07) is -0.551. The van der Waals surface area contributed by atoms with Gasteiger partial charge in [0.25, 0.3) is 5.91 Å². The lowest BCUT2D eigenvalue weighted by Gasteiger charge is -2.04. The number of carbonyl (C=O) groups excluding carboxylic acids is 1. The molecule has 1 atom stereocenters. The van der Waals surface area contributed by atoms with Gasteiger partial charge in [-0.1, -0.05) is 13.3 Å². The first kappa shape index (κ1) is 9.47. The number of nitrogens with one attached hydrogen (secondary N) is 1. The Bertz CT molecular complexity index is 285. The molecule has 1 unspecified atom stereocenters. The van der Waals surface area contributed by atoms with Gasteiger partial charge in [0.2, 0.25) is 0 Å². The van der Waals surface area contributed by atoms with Crippen LogP contribution in [-0.4, -0.2) is 31.7 Å². The molecule has 0 radical (unpaired) electrons. The van der Waals surface area contributed by atoms with Gasteiger partial charge in [-0.15, -0.1) is 0 Å². The Morgan fingerprint density at radius 1 is 1.58 bits per heavy atom. The lowest BCUT2D eigenvalue weighted by atomic mass is 10.2. The molecule has 70 valence electrons. The van der Waals surface area contributed by atoms with Gasteiger partial charge in [-0.25, -0.2) is 4.31 Å². The molecule has 0 aromatic rings. The largest absolute Gasteiger partial charge is 0.304 e. The van der Waals surface area contributed by atoms with Crippen molar-refractivity contribution in [2.45, 2.75) is 25.8 Å². The lowest BCUT2D eigenvalue weighted by molar-refractivity contribution is -0.126. The molecule has 0 aromatic heterocycles. The van der Waals surface area contributed by atoms with Gasteiger partial charge >= 0.3 is 10.2 Å². The molecule has 0 bridgehead atoms. The van der Waals surface area contributed by atoms with Crippen molar-refractivity contribution in [3.05, 3.63) is 0 Å². The van der Waals surface area contributed by atoms with Crippen LogP contribution in [0.2, 0.25) is 0 Å². The summed E-state index contributed by atoms with van der Waals surface area (Å²) in [7, 11) is -2.25. The van der Waals surface area contributed by atoms with E-state index in [1.807, 2.05) is 6.92 Å². The standard InChI is InChI=1S/C6H12N2O3S/c1-3-4-5-6(9)8(2)12(10,11)7-5/h5,7H,3-4H2,1-2H3. The third-order valence-corrected chi connectivity index (χ3v) is 3.32. The number of carbonyl (C=O) groups is 1. The molecule has 1 amide bonds. The summed E-state index contributed by atoms with van der Waals surface area (Å²) in [4.78, 5) is 11.2. The normalized spacial score (nSPS) is 28.0. The topological polar surface area (TPSA) is 66.5 Å². The van der Waals surface area contributed by atoms with Crippen molar-refractivity contribution in [1.29, 1.82) is 0 Å². The van der Waals surface area contributed by atoms with Crippen molar-refractivity contribution in [3.63, 3.8) is 0 Å². The average Bonchev–Trinajstić information content (AvgIpc) is 2.16. The molecule has 0 aliphatic carbocycles. The summed E-state index contributed by atoms with van der Waals surface area (Å²) in [5, 5.41) is 0. The van der Waals surface area contributed by atoms with Crippen LogP contribution >= 0.6 is 0 Å². The molecule has 1 heterocycles. The van der Waals surface area contributed by atoms with Gasteiger partial charge in [0.15, 0.2) is 0 Å². The van der Waals surface area contributed by atoms with Crippen LogP contribution in [0.25, 0.3) is 0 Å². The van der Waals surface area contributed by atoms with Crippen LogP contribution in [0.5, 0.6) is 0 Å². The van der Waals surface area contributed by atoms with E-state index < -0.39 is 16.3 Å². The van der Waals surface area contributed by atoms with Crippen LogP contribution in [0.1, 0.15) is 19.8 Å². The summed E-state index contributed by atoms with van der Waals surface area (Å²) in [5.41, 5.74) is 0. The van der Waals surface area contributed by atoms with Gasteiger partial charge in [0, 0.05) is 7.05 Å². The maximum atomic E-state index is 11.2. The van der Waals surface area contributed by atoms with E-state index in [9.17, 15) is 13.2 Å². The van der Waals surface area contributed by atoms with Crippen molar-refractivity contribution < 1.29 is 13.2 Å². The number of amides is 1. The van der Waals surface area contributed by atoms with Crippen molar-refractivity contribution in [3.8, 4) is 0 Å². The van der Waals surface area contributed by atoms with Crippen LogP contribution in [0.15, 0.2) is 0 Å². The summed E-state index contributed by atoms with van der Waals surface area (Å²) in [6.45, 7) is 1.90. The number of rotatable bonds is 2. The summed E-state index contributed by atoms with van der Waals surface area (Å²) >= 11 is 0.